The minimum atomic E-state index is 0.834. The number of hydrogen-bond donors (Lipinski definition) is 0. The van der Waals surface area contributed by atoms with Crippen LogP contribution in [0.2, 0.25) is 0 Å². The van der Waals surface area contributed by atoms with E-state index in [2.05, 4.69) is 72.2 Å². The average Bonchev–Trinajstić information content (AvgIpc) is 3.46. The van der Waals surface area contributed by atoms with Gasteiger partial charge in [0.05, 0.1) is 0 Å². The molecule has 2 aliphatic rings. The SMILES string of the molecule is CCCCCCC1Cc2sc3cc4c5c(sc4cc3c2S1)CC(CCCCCC)S5. The molecule has 4 heteroatoms. The van der Waals surface area contributed by atoms with Crippen molar-refractivity contribution in [3.8, 4) is 0 Å². The Kier molecular flexibility index (Phi) is 7.06. The van der Waals surface area contributed by atoms with Gasteiger partial charge in [-0.25, -0.2) is 0 Å². The van der Waals surface area contributed by atoms with E-state index in [-0.39, 0.29) is 0 Å². The van der Waals surface area contributed by atoms with Crippen LogP contribution in [0, 0.1) is 0 Å². The maximum absolute atomic E-state index is 2.55. The molecule has 2 atom stereocenters. The van der Waals surface area contributed by atoms with Crippen molar-refractivity contribution in [2.24, 2.45) is 0 Å². The summed E-state index contributed by atoms with van der Waals surface area (Å²) in [5.41, 5.74) is 0. The lowest BCUT2D eigenvalue weighted by Gasteiger charge is -2.09. The summed E-state index contributed by atoms with van der Waals surface area (Å²) in [6.07, 6.45) is 16.6. The molecule has 2 aliphatic heterocycles. The van der Waals surface area contributed by atoms with E-state index in [0.717, 1.165) is 10.5 Å². The second-order valence-electron chi connectivity index (χ2n) is 9.14. The Hall–Kier alpha value is -0.160. The molecule has 0 bridgehead atoms. The Bertz CT molecular complexity index is 929. The topological polar surface area (TPSA) is 0 Å². The summed E-state index contributed by atoms with van der Waals surface area (Å²) in [5.74, 6) is 0. The van der Waals surface area contributed by atoms with Gasteiger partial charge in [0.1, 0.15) is 0 Å². The molecular weight excluding hydrogens is 441 g/mol. The highest BCUT2D eigenvalue weighted by atomic mass is 32.2. The van der Waals surface area contributed by atoms with Gasteiger partial charge in [0.2, 0.25) is 0 Å². The van der Waals surface area contributed by atoms with E-state index >= 15 is 0 Å². The second-order valence-corrected chi connectivity index (χ2v) is 14.0. The lowest BCUT2D eigenvalue weighted by molar-refractivity contribution is 0.620. The highest BCUT2D eigenvalue weighted by Crippen LogP contribution is 2.53. The zero-order chi connectivity index (χ0) is 20.5. The lowest BCUT2D eigenvalue weighted by atomic mass is 10.1. The molecule has 5 rings (SSSR count). The van der Waals surface area contributed by atoms with Crippen molar-refractivity contribution in [1.29, 1.82) is 0 Å². The molecule has 0 amide bonds. The van der Waals surface area contributed by atoms with Crippen molar-refractivity contribution in [1.82, 2.24) is 0 Å². The largest absolute Gasteiger partial charge is 0.139 e. The molecule has 0 radical (unpaired) electrons. The van der Waals surface area contributed by atoms with Crippen LogP contribution in [0.25, 0.3) is 20.2 Å². The summed E-state index contributed by atoms with van der Waals surface area (Å²) in [5, 5.41) is 4.79. The van der Waals surface area contributed by atoms with E-state index < -0.39 is 0 Å². The van der Waals surface area contributed by atoms with Gasteiger partial charge in [-0.15, -0.1) is 46.2 Å². The van der Waals surface area contributed by atoms with Gasteiger partial charge in [-0.2, -0.15) is 0 Å². The Morgan fingerprint density at radius 1 is 0.667 bits per heavy atom. The zero-order valence-corrected chi connectivity index (χ0v) is 21.7. The quantitative estimate of drug-likeness (QED) is 0.268. The molecule has 2 unspecified atom stereocenters. The van der Waals surface area contributed by atoms with Crippen molar-refractivity contribution < 1.29 is 0 Å². The molecule has 0 aliphatic carbocycles. The molecule has 4 heterocycles. The van der Waals surface area contributed by atoms with Crippen LogP contribution in [0.4, 0.5) is 0 Å². The van der Waals surface area contributed by atoms with E-state index in [1.165, 1.54) is 86.4 Å². The number of thiophene rings is 2. The molecular formula is C26H34S4. The molecule has 0 spiro atoms. The van der Waals surface area contributed by atoms with Crippen LogP contribution >= 0.6 is 46.2 Å². The first-order chi connectivity index (χ1) is 14.8. The summed E-state index contributed by atoms with van der Waals surface area (Å²) in [6, 6.07) is 5.10. The first-order valence-electron chi connectivity index (χ1n) is 12.1. The molecule has 1 aromatic carbocycles. The van der Waals surface area contributed by atoms with Gasteiger partial charge in [-0.1, -0.05) is 65.2 Å². The fourth-order valence-corrected chi connectivity index (χ4v) is 11.1. The van der Waals surface area contributed by atoms with Gasteiger partial charge in [-0.3, -0.25) is 0 Å². The summed E-state index contributed by atoms with van der Waals surface area (Å²) in [6.45, 7) is 4.61. The normalized spacial score (nSPS) is 20.5. The van der Waals surface area contributed by atoms with E-state index in [0.29, 0.717) is 0 Å². The van der Waals surface area contributed by atoms with Gasteiger partial charge in [0.15, 0.2) is 0 Å². The molecule has 0 fully saturated rings. The smallest absolute Gasteiger partial charge is 0.0364 e. The maximum Gasteiger partial charge on any atom is 0.0364 e. The maximum atomic E-state index is 2.55. The third-order valence-corrected chi connectivity index (χ3v) is 12.2. The Labute approximate surface area is 198 Å². The minimum absolute atomic E-state index is 0.834. The molecule has 0 N–H and O–H groups in total. The van der Waals surface area contributed by atoms with E-state index in [1.807, 2.05) is 0 Å². The second kappa shape index (κ2) is 9.77. The standard InChI is InChI=1S/C26H34S4/c1-3-5-7-9-11-17-13-23-25(27-17)19-15-22-20(16-21(19)29-23)26-24(30-22)14-18(28-26)12-10-8-6-4-2/h15-18H,3-14H2,1-2H3. The Balaban J connectivity index is 1.29. The number of rotatable bonds is 10. The molecule has 0 saturated carbocycles. The lowest BCUT2D eigenvalue weighted by Crippen LogP contribution is -2.00. The third-order valence-electron chi connectivity index (χ3n) is 6.70. The summed E-state index contributed by atoms with van der Waals surface area (Å²) in [4.78, 5) is 6.61. The van der Waals surface area contributed by atoms with Crippen LogP contribution in [0.3, 0.4) is 0 Å². The minimum Gasteiger partial charge on any atom is -0.139 e. The van der Waals surface area contributed by atoms with Crippen LogP contribution in [0.1, 0.15) is 87.8 Å². The predicted molar refractivity (Wildman–Crippen MR) is 141 cm³/mol. The third kappa shape index (κ3) is 4.36. The number of fused-ring (bicyclic) bond motifs is 6. The molecule has 3 aromatic rings. The van der Waals surface area contributed by atoms with Crippen molar-refractivity contribution >= 4 is 66.4 Å². The zero-order valence-electron chi connectivity index (χ0n) is 18.4. The van der Waals surface area contributed by atoms with Crippen molar-refractivity contribution in [2.75, 3.05) is 0 Å². The monoisotopic (exact) mass is 474 g/mol. The summed E-state index contributed by atoms with van der Waals surface area (Å²) >= 11 is 8.57. The number of thioether (sulfide) groups is 2. The highest BCUT2D eigenvalue weighted by Gasteiger charge is 2.29. The fraction of sp³-hybridized carbons (Fsp3) is 0.615. The van der Waals surface area contributed by atoms with Gasteiger partial charge in [-0.05, 0) is 37.8 Å². The van der Waals surface area contributed by atoms with Gasteiger partial charge in [0, 0.05) is 50.2 Å². The summed E-state index contributed by atoms with van der Waals surface area (Å²) < 4.78 is 3.08. The molecule has 30 heavy (non-hydrogen) atoms. The summed E-state index contributed by atoms with van der Waals surface area (Å²) in [7, 11) is 0. The van der Waals surface area contributed by atoms with Crippen LogP contribution in [0.5, 0.6) is 0 Å². The first kappa shape index (κ1) is 21.7. The van der Waals surface area contributed by atoms with Crippen molar-refractivity contribution in [3.05, 3.63) is 21.9 Å². The van der Waals surface area contributed by atoms with Crippen LogP contribution in [-0.4, -0.2) is 10.5 Å². The Morgan fingerprint density at radius 2 is 1.13 bits per heavy atom. The fourth-order valence-electron chi connectivity index (χ4n) is 5.02. The Morgan fingerprint density at radius 3 is 1.57 bits per heavy atom. The van der Waals surface area contributed by atoms with Crippen LogP contribution in [0.15, 0.2) is 21.9 Å². The van der Waals surface area contributed by atoms with E-state index in [4.69, 9.17) is 0 Å². The molecule has 162 valence electrons. The first-order valence-corrected chi connectivity index (χ1v) is 15.5. The number of unbranched alkanes of at least 4 members (excludes halogenated alkanes) is 6. The average molecular weight is 475 g/mol. The van der Waals surface area contributed by atoms with E-state index in [1.54, 1.807) is 30.3 Å². The van der Waals surface area contributed by atoms with Gasteiger partial charge < -0.3 is 0 Å². The molecule has 0 nitrogen and oxygen atoms in total. The number of hydrogen-bond acceptors (Lipinski definition) is 4. The van der Waals surface area contributed by atoms with Crippen molar-refractivity contribution in [3.63, 3.8) is 0 Å². The molecule has 2 aromatic heterocycles. The highest BCUT2D eigenvalue weighted by molar-refractivity contribution is 8.01. The molecule has 0 saturated heterocycles. The van der Waals surface area contributed by atoms with Crippen molar-refractivity contribution in [2.45, 2.75) is 111 Å². The number of benzene rings is 1. The van der Waals surface area contributed by atoms with Crippen LogP contribution in [-0.2, 0) is 12.8 Å². The van der Waals surface area contributed by atoms with E-state index in [9.17, 15) is 0 Å². The van der Waals surface area contributed by atoms with Gasteiger partial charge >= 0.3 is 0 Å². The van der Waals surface area contributed by atoms with Gasteiger partial charge in [0.25, 0.3) is 0 Å². The van der Waals surface area contributed by atoms with Crippen LogP contribution < -0.4 is 0 Å². The predicted octanol–water partition coefficient (Wildman–Crippen LogP) is 10.1.